The number of nitriles is 1. The molecule has 0 unspecified atom stereocenters. The maximum absolute atomic E-state index is 9.56. The molecule has 0 aromatic heterocycles. The van der Waals surface area contributed by atoms with Gasteiger partial charge in [0.05, 0.1) is 30.2 Å². The van der Waals surface area contributed by atoms with Crippen LogP contribution in [0, 0.1) is 11.3 Å². The molecular weight excluding hydrogens is 292 g/mol. The summed E-state index contributed by atoms with van der Waals surface area (Å²) in [5.74, 6) is 0.251. The molecule has 6 heteroatoms. The molecule has 0 spiro atoms. The van der Waals surface area contributed by atoms with Crippen LogP contribution in [0.4, 0.5) is 5.69 Å². The van der Waals surface area contributed by atoms with E-state index < -0.39 is 5.60 Å². The first-order valence-electron chi connectivity index (χ1n) is 7.30. The highest BCUT2D eigenvalue weighted by Crippen LogP contribution is 2.33. The summed E-state index contributed by atoms with van der Waals surface area (Å²) in [5.41, 5.74) is 8.81. The highest BCUT2D eigenvalue weighted by Gasteiger charge is 2.33. The monoisotopic (exact) mass is 310 g/mol. The van der Waals surface area contributed by atoms with Crippen molar-refractivity contribution in [2.75, 3.05) is 11.6 Å². The van der Waals surface area contributed by atoms with Crippen LogP contribution in [0.15, 0.2) is 52.4 Å². The Hall–Kier alpha value is -2.62. The number of aliphatic hydroxyl groups is 1. The lowest BCUT2D eigenvalue weighted by Gasteiger charge is -2.34. The lowest BCUT2D eigenvalue weighted by molar-refractivity contribution is 0.0409. The molecule has 0 radical (unpaired) electrons. The van der Waals surface area contributed by atoms with E-state index in [0.717, 1.165) is 5.57 Å². The van der Waals surface area contributed by atoms with Crippen LogP contribution in [0.3, 0.4) is 0 Å². The quantitative estimate of drug-likeness (QED) is 0.868. The Labute approximate surface area is 134 Å². The van der Waals surface area contributed by atoms with E-state index in [2.05, 4.69) is 11.2 Å². The first-order chi connectivity index (χ1) is 11.0. The maximum Gasteiger partial charge on any atom is 0.144 e. The van der Waals surface area contributed by atoms with Gasteiger partial charge in [0.25, 0.3) is 0 Å². The average molecular weight is 310 g/mol. The van der Waals surface area contributed by atoms with Crippen LogP contribution < -0.4 is 10.7 Å². The van der Waals surface area contributed by atoms with Crippen LogP contribution in [-0.2, 0) is 11.3 Å². The van der Waals surface area contributed by atoms with Crippen LogP contribution in [0.25, 0.3) is 0 Å². The van der Waals surface area contributed by atoms with Gasteiger partial charge in [-0.25, -0.2) is 5.01 Å². The number of hydrogen-bond acceptors (Lipinski definition) is 6. The van der Waals surface area contributed by atoms with E-state index in [4.69, 9.17) is 10.5 Å². The van der Waals surface area contributed by atoms with Crippen molar-refractivity contribution in [3.05, 3.63) is 52.9 Å². The summed E-state index contributed by atoms with van der Waals surface area (Å²) in [6, 6.07) is 9.43. The number of ether oxygens (including phenoxy) is 1. The van der Waals surface area contributed by atoms with Gasteiger partial charge in [-0.15, -0.1) is 0 Å². The third-order valence-corrected chi connectivity index (χ3v) is 3.86. The molecule has 2 heterocycles. The Balaban J connectivity index is 2.16. The normalized spacial score (nSPS) is 19.7. The zero-order valence-corrected chi connectivity index (χ0v) is 13.1. The summed E-state index contributed by atoms with van der Waals surface area (Å²) in [7, 11) is 0. The molecule has 1 aromatic rings. The van der Waals surface area contributed by atoms with Gasteiger partial charge in [0.2, 0.25) is 0 Å². The minimum atomic E-state index is -0.470. The minimum absolute atomic E-state index is 0.140. The maximum atomic E-state index is 9.56. The molecule has 0 bridgehead atoms. The number of hydrogen-bond donors (Lipinski definition) is 2. The Kier molecular flexibility index (Phi) is 3.68. The molecule has 0 amide bonds. The number of nitrogens with zero attached hydrogens (tertiary/aromatic N) is 3. The van der Waals surface area contributed by atoms with Gasteiger partial charge in [-0.3, -0.25) is 0 Å². The highest BCUT2D eigenvalue weighted by atomic mass is 16.5. The number of allylic oxidation sites excluding steroid dienone is 1. The van der Waals surface area contributed by atoms with Crippen LogP contribution >= 0.6 is 0 Å². The molecule has 0 fully saturated rings. The number of nitrogens with two attached hydrogens (primary N) is 1. The molecule has 1 aromatic carbocycles. The van der Waals surface area contributed by atoms with Crippen molar-refractivity contribution >= 4 is 11.4 Å². The average Bonchev–Trinajstić information content (AvgIpc) is 2.54. The molecule has 0 atom stereocenters. The molecule has 0 saturated heterocycles. The van der Waals surface area contributed by atoms with Crippen LogP contribution in [0.5, 0.6) is 0 Å². The number of hydrazone groups is 1. The first-order valence-corrected chi connectivity index (χ1v) is 7.30. The molecule has 3 rings (SSSR count). The molecule has 0 saturated carbocycles. The summed E-state index contributed by atoms with van der Waals surface area (Å²) in [5, 5.41) is 25.1. The summed E-state index contributed by atoms with van der Waals surface area (Å²) >= 11 is 0. The lowest BCUT2D eigenvalue weighted by Crippen LogP contribution is -2.39. The minimum Gasteiger partial charge on any atom is -0.392 e. The smallest absolute Gasteiger partial charge is 0.144 e. The third-order valence-electron chi connectivity index (χ3n) is 3.86. The van der Waals surface area contributed by atoms with Gasteiger partial charge in [-0.05, 0) is 26.0 Å². The standard InChI is InChI=1S/C17H18N4O2/c1-17(2)7-12-13(8-18)16(19)21(20-14(12)10-23-17)15-6-4-3-5-11(15)9-22/h3-7,22H,9-10,19H2,1-2H3. The second-order valence-corrected chi connectivity index (χ2v) is 5.97. The van der Waals surface area contributed by atoms with E-state index in [9.17, 15) is 10.4 Å². The summed E-state index contributed by atoms with van der Waals surface area (Å²) in [6.45, 7) is 4.01. The van der Waals surface area contributed by atoms with Crippen molar-refractivity contribution in [1.29, 1.82) is 5.26 Å². The number of aliphatic hydroxyl groups excluding tert-OH is 1. The van der Waals surface area contributed by atoms with Gasteiger partial charge in [0.15, 0.2) is 0 Å². The molecule has 2 aliphatic heterocycles. The van der Waals surface area contributed by atoms with Gasteiger partial charge >= 0.3 is 0 Å². The number of rotatable bonds is 2. The number of fused-ring (bicyclic) bond motifs is 1. The zero-order chi connectivity index (χ0) is 16.6. The highest BCUT2D eigenvalue weighted by molar-refractivity contribution is 6.08. The van der Waals surface area contributed by atoms with Crippen LogP contribution in [0.1, 0.15) is 19.4 Å². The van der Waals surface area contributed by atoms with Gasteiger partial charge in [-0.1, -0.05) is 18.2 Å². The number of benzene rings is 1. The van der Waals surface area contributed by atoms with Crippen molar-refractivity contribution in [2.45, 2.75) is 26.1 Å². The van der Waals surface area contributed by atoms with E-state index in [1.165, 1.54) is 5.01 Å². The first kappa shape index (κ1) is 15.3. The fourth-order valence-electron chi connectivity index (χ4n) is 2.67. The number of anilines is 1. The summed E-state index contributed by atoms with van der Waals surface area (Å²) in [4.78, 5) is 0. The molecule has 6 nitrogen and oxygen atoms in total. The summed E-state index contributed by atoms with van der Waals surface area (Å²) < 4.78 is 5.75. The number of para-hydroxylation sites is 1. The fraction of sp³-hybridized carbons (Fsp3) is 0.294. The molecule has 118 valence electrons. The molecule has 3 N–H and O–H groups in total. The van der Waals surface area contributed by atoms with Gasteiger partial charge in [0, 0.05) is 11.1 Å². The Morgan fingerprint density at radius 3 is 2.87 bits per heavy atom. The molecule has 0 aliphatic carbocycles. The second-order valence-electron chi connectivity index (χ2n) is 5.97. The van der Waals surface area contributed by atoms with Crippen molar-refractivity contribution in [3.8, 4) is 6.07 Å². The SMILES string of the molecule is CC1(C)C=C2C(=NN(c3ccccc3CO)C(N)=C2C#N)CO1. The van der Waals surface area contributed by atoms with Crippen molar-refractivity contribution < 1.29 is 9.84 Å². The predicted octanol–water partition coefficient (Wildman–Crippen LogP) is 1.78. The Morgan fingerprint density at radius 1 is 1.43 bits per heavy atom. The van der Waals surface area contributed by atoms with Crippen LogP contribution in [0.2, 0.25) is 0 Å². The van der Waals surface area contributed by atoms with Crippen molar-refractivity contribution in [2.24, 2.45) is 10.8 Å². The molecule has 23 heavy (non-hydrogen) atoms. The summed E-state index contributed by atoms with van der Waals surface area (Å²) in [6.07, 6.45) is 1.87. The Bertz CT molecular complexity index is 784. The van der Waals surface area contributed by atoms with Crippen LogP contribution in [-0.4, -0.2) is 23.0 Å². The van der Waals surface area contributed by atoms with Crippen molar-refractivity contribution in [3.63, 3.8) is 0 Å². The van der Waals surface area contributed by atoms with Gasteiger partial charge in [-0.2, -0.15) is 10.4 Å². The van der Waals surface area contributed by atoms with E-state index >= 15 is 0 Å². The second kappa shape index (κ2) is 5.54. The van der Waals surface area contributed by atoms with Crippen molar-refractivity contribution in [1.82, 2.24) is 0 Å². The largest absolute Gasteiger partial charge is 0.392 e. The third kappa shape index (κ3) is 2.61. The van der Waals surface area contributed by atoms with Gasteiger partial charge in [0.1, 0.15) is 17.5 Å². The van der Waals surface area contributed by atoms with E-state index in [1.807, 2.05) is 32.1 Å². The van der Waals surface area contributed by atoms with E-state index in [-0.39, 0.29) is 12.4 Å². The molecule has 2 aliphatic rings. The fourth-order valence-corrected chi connectivity index (χ4v) is 2.67. The predicted molar refractivity (Wildman–Crippen MR) is 87.2 cm³/mol. The molecular formula is C17H18N4O2. The van der Waals surface area contributed by atoms with Gasteiger partial charge < -0.3 is 15.6 Å². The van der Waals surface area contributed by atoms with E-state index in [0.29, 0.717) is 29.1 Å². The lowest BCUT2D eigenvalue weighted by atomic mass is 9.92. The van der Waals surface area contributed by atoms with E-state index in [1.54, 1.807) is 12.1 Å². The topological polar surface area (TPSA) is 94.9 Å². The Morgan fingerprint density at radius 2 is 2.17 bits per heavy atom. The zero-order valence-electron chi connectivity index (χ0n) is 13.1.